The molecule has 0 aliphatic heterocycles. The molecular weight excluding hydrogens is 402 g/mol. The summed E-state index contributed by atoms with van der Waals surface area (Å²) in [6, 6.07) is 21.2. The second kappa shape index (κ2) is 8.79. The molecule has 0 bridgehead atoms. The largest absolute Gasteiger partial charge is 0.269 e. The number of hydrogen-bond donors (Lipinski definition) is 2. The lowest BCUT2D eigenvalue weighted by Gasteiger charge is -2.19. The number of carbonyl (C=O) groups excluding carboxylic acids is 2. The predicted octanol–water partition coefficient (Wildman–Crippen LogP) is 2.89. The highest BCUT2D eigenvalue weighted by Crippen LogP contribution is 2.21. The summed E-state index contributed by atoms with van der Waals surface area (Å²) >= 11 is 0. The summed E-state index contributed by atoms with van der Waals surface area (Å²) in [6.07, 6.45) is 0. The number of rotatable bonds is 5. The molecule has 7 nitrogen and oxygen atoms in total. The Balaban J connectivity index is 1.68. The lowest BCUT2D eigenvalue weighted by Crippen LogP contribution is -2.41. The Morgan fingerprint density at radius 3 is 1.97 bits per heavy atom. The Morgan fingerprint density at radius 1 is 0.767 bits per heavy atom. The molecule has 30 heavy (non-hydrogen) atoms. The highest BCUT2D eigenvalue weighted by atomic mass is 32.2. The second-order valence-corrected chi connectivity index (χ2v) is 8.52. The second-order valence-electron chi connectivity index (χ2n) is 6.56. The van der Waals surface area contributed by atoms with E-state index in [1.54, 1.807) is 55.5 Å². The minimum atomic E-state index is -3.77. The van der Waals surface area contributed by atoms with E-state index in [9.17, 15) is 18.0 Å². The quantitative estimate of drug-likeness (QED) is 0.617. The number of carbonyl (C=O) groups is 2. The Hall–Kier alpha value is -3.65. The molecule has 3 rings (SSSR count). The monoisotopic (exact) mass is 423 g/mol. The lowest BCUT2D eigenvalue weighted by atomic mass is 10.1. The van der Waals surface area contributed by atoms with Crippen LogP contribution in [0.5, 0.6) is 0 Å². The zero-order chi connectivity index (χ0) is 21.7. The third-order valence-corrected chi connectivity index (χ3v) is 6.37. The Kier molecular flexibility index (Phi) is 6.17. The van der Waals surface area contributed by atoms with Crippen molar-refractivity contribution in [2.24, 2.45) is 0 Å². The van der Waals surface area contributed by atoms with Crippen LogP contribution in [0, 0.1) is 6.92 Å². The van der Waals surface area contributed by atoms with Gasteiger partial charge in [-0.15, -0.1) is 0 Å². The zero-order valence-corrected chi connectivity index (χ0v) is 17.3. The van der Waals surface area contributed by atoms with Gasteiger partial charge in [-0.3, -0.25) is 24.7 Å². The van der Waals surface area contributed by atoms with Crippen molar-refractivity contribution in [3.8, 4) is 0 Å². The van der Waals surface area contributed by atoms with Crippen LogP contribution in [0.25, 0.3) is 0 Å². The molecular formula is C22H21N3O4S. The third kappa shape index (κ3) is 4.49. The van der Waals surface area contributed by atoms with Crippen LogP contribution in [0.1, 0.15) is 26.3 Å². The van der Waals surface area contributed by atoms with Crippen LogP contribution in [0.4, 0.5) is 5.69 Å². The third-order valence-electron chi connectivity index (χ3n) is 4.57. The molecule has 0 unspecified atom stereocenters. The standard InChI is InChI=1S/C22H21N3O4S/c1-16-8-6-7-11-20(16)22(27)24-23-21(26)17-12-14-19(15-13-17)30(28,29)25(2)18-9-4-3-5-10-18/h3-15H,1-2H3,(H,23,26)(H,24,27). The first kappa shape index (κ1) is 21.1. The van der Waals surface area contributed by atoms with Gasteiger partial charge in [0.15, 0.2) is 0 Å². The maximum atomic E-state index is 12.8. The van der Waals surface area contributed by atoms with Gasteiger partial charge in [0.25, 0.3) is 21.8 Å². The van der Waals surface area contributed by atoms with Crippen molar-refractivity contribution in [1.29, 1.82) is 0 Å². The van der Waals surface area contributed by atoms with Gasteiger partial charge in [0, 0.05) is 18.2 Å². The van der Waals surface area contributed by atoms with Crippen LogP contribution < -0.4 is 15.2 Å². The van der Waals surface area contributed by atoms with Crippen LogP contribution in [0.15, 0.2) is 83.8 Å². The van der Waals surface area contributed by atoms with Crippen LogP contribution in [0.2, 0.25) is 0 Å². The summed E-state index contributed by atoms with van der Waals surface area (Å²) in [7, 11) is -2.30. The highest BCUT2D eigenvalue weighted by molar-refractivity contribution is 7.92. The predicted molar refractivity (Wildman–Crippen MR) is 115 cm³/mol. The van der Waals surface area contributed by atoms with Gasteiger partial charge in [-0.05, 0) is 55.0 Å². The lowest BCUT2D eigenvalue weighted by molar-refractivity contribution is 0.0846. The highest BCUT2D eigenvalue weighted by Gasteiger charge is 2.21. The van der Waals surface area contributed by atoms with E-state index in [2.05, 4.69) is 10.9 Å². The fraction of sp³-hybridized carbons (Fsp3) is 0.0909. The molecule has 154 valence electrons. The first-order valence-electron chi connectivity index (χ1n) is 9.11. The van der Waals surface area contributed by atoms with E-state index < -0.39 is 21.8 Å². The normalized spacial score (nSPS) is 10.9. The molecule has 8 heteroatoms. The van der Waals surface area contributed by atoms with E-state index in [1.165, 1.54) is 35.6 Å². The zero-order valence-electron chi connectivity index (χ0n) is 16.5. The van der Waals surface area contributed by atoms with Gasteiger partial charge < -0.3 is 0 Å². The van der Waals surface area contributed by atoms with E-state index >= 15 is 0 Å². The number of sulfonamides is 1. The van der Waals surface area contributed by atoms with Crippen molar-refractivity contribution in [2.45, 2.75) is 11.8 Å². The van der Waals surface area contributed by atoms with Crippen LogP contribution in [-0.2, 0) is 10.0 Å². The topological polar surface area (TPSA) is 95.6 Å². The number of hydrazine groups is 1. The number of aryl methyl sites for hydroxylation is 1. The molecule has 3 aromatic carbocycles. The summed E-state index contributed by atoms with van der Waals surface area (Å²) < 4.78 is 26.7. The summed E-state index contributed by atoms with van der Waals surface area (Å²) in [5.74, 6) is -0.998. The molecule has 0 heterocycles. The SMILES string of the molecule is Cc1ccccc1C(=O)NNC(=O)c1ccc(S(=O)(=O)N(C)c2ccccc2)cc1. The summed E-state index contributed by atoms with van der Waals surface area (Å²) in [5.41, 5.74) is 6.65. The van der Waals surface area contributed by atoms with E-state index in [0.29, 0.717) is 11.3 Å². The summed E-state index contributed by atoms with van der Waals surface area (Å²) in [6.45, 7) is 1.79. The molecule has 0 saturated carbocycles. The first-order chi connectivity index (χ1) is 14.3. The number of hydrogen-bond acceptors (Lipinski definition) is 4. The van der Waals surface area contributed by atoms with E-state index in [-0.39, 0.29) is 10.5 Å². The van der Waals surface area contributed by atoms with Crippen molar-refractivity contribution in [3.63, 3.8) is 0 Å². The number of anilines is 1. The Labute approximate surface area is 175 Å². The molecule has 0 spiro atoms. The molecule has 2 N–H and O–H groups in total. The fourth-order valence-corrected chi connectivity index (χ4v) is 3.99. The van der Waals surface area contributed by atoms with Gasteiger partial charge in [-0.25, -0.2) is 8.42 Å². The molecule has 0 aliphatic carbocycles. The Bertz CT molecular complexity index is 1160. The van der Waals surface area contributed by atoms with Crippen LogP contribution >= 0.6 is 0 Å². The molecule has 0 fully saturated rings. The maximum Gasteiger partial charge on any atom is 0.269 e. The molecule has 3 aromatic rings. The summed E-state index contributed by atoms with van der Waals surface area (Å²) in [4.78, 5) is 24.5. The van der Waals surface area contributed by atoms with Crippen molar-refractivity contribution >= 4 is 27.5 Å². The number of nitrogens with one attached hydrogen (secondary N) is 2. The van der Waals surface area contributed by atoms with E-state index in [0.717, 1.165) is 5.56 Å². The van der Waals surface area contributed by atoms with Crippen molar-refractivity contribution in [1.82, 2.24) is 10.9 Å². The van der Waals surface area contributed by atoms with Gasteiger partial charge in [-0.2, -0.15) is 0 Å². The molecule has 0 atom stereocenters. The van der Waals surface area contributed by atoms with Crippen molar-refractivity contribution in [2.75, 3.05) is 11.4 Å². The van der Waals surface area contributed by atoms with Crippen molar-refractivity contribution in [3.05, 3.63) is 95.6 Å². The maximum absolute atomic E-state index is 12.8. The number of nitrogens with zero attached hydrogens (tertiary/aromatic N) is 1. The number of para-hydroxylation sites is 1. The van der Waals surface area contributed by atoms with E-state index in [1.807, 2.05) is 6.07 Å². The molecule has 0 aliphatic rings. The van der Waals surface area contributed by atoms with Gasteiger partial charge in [-0.1, -0.05) is 36.4 Å². The minimum Gasteiger partial charge on any atom is -0.269 e. The van der Waals surface area contributed by atoms with Crippen LogP contribution in [-0.4, -0.2) is 27.3 Å². The van der Waals surface area contributed by atoms with Gasteiger partial charge in [0.1, 0.15) is 0 Å². The van der Waals surface area contributed by atoms with Crippen molar-refractivity contribution < 1.29 is 18.0 Å². The van der Waals surface area contributed by atoms with Gasteiger partial charge >= 0.3 is 0 Å². The number of benzene rings is 3. The number of amides is 2. The smallest absolute Gasteiger partial charge is 0.269 e. The summed E-state index contributed by atoms with van der Waals surface area (Å²) in [5, 5.41) is 0. The first-order valence-corrected chi connectivity index (χ1v) is 10.5. The minimum absolute atomic E-state index is 0.0503. The van der Waals surface area contributed by atoms with Gasteiger partial charge in [0.2, 0.25) is 0 Å². The van der Waals surface area contributed by atoms with E-state index in [4.69, 9.17) is 0 Å². The average Bonchev–Trinajstić information content (AvgIpc) is 2.77. The van der Waals surface area contributed by atoms with Gasteiger partial charge in [0.05, 0.1) is 10.6 Å². The average molecular weight is 423 g/mol. The van der Waals surface area contributed by atoms with Crippen LogP contribution in [0.3, 0.4) is 0 Å². The Morgan fingerprint density at radius 2 is 1.33 bits per heavy atom. The molecule has 0 saturated heterocycles. The molecule has 0 radical (unpaired) electrons. The molecule has 2 amide bonds. The molecule has 0 aromatic heterocycles. The fourth-order valence-electron chi connectivity index (χ4n) is 2.79.